The molecule has 2 bridgehead atoms. The van der Waals surface area contributed by atoms with Crippen molar-refractivity contribution in [3.05, 3.63) is 59.1 Å². The Morgan fingerprint density at radius 3 is 2.45 bits per heavy atom. The summed E-state index contributed by atoms with van der Waals surface area (Å²) in [5.41, 5.74) is -0.265. The lowest BCUT2D eigenvalue weighted by atomic mass is 9.81. The number of nitrogens with zero attached hydrogens (tertiary/aromatic N) is 2. The van der Waals surface area contributed by atoms with Crippen LogP contribution in [0.3, 0.4) is 0 Å². The van der Waals surface area contributed by atoms with Crippen LogP contribution in [0.2, 0.25) is 0 Å². The Morgan fingerprint density at radius 2 is 1.85 bits per heavy atom. The molecule has 1 aromatic heterocycles. The van der Waals surface area contributed by atoms with Gasteiger partial charge in [0.25, 0.3) is 5.91 Å². The van der Waals surface area contributed by atoms with Crippen LogP contribution in [0.15, 0.2) is 43.0 Å². The zero-order valence-corrected chi connectivity index (χ0v) is 23.2. The molecule has 214 valence electrons. The number of hydrogen-bond acceptors (Lipinski definition) is 7. The number of hydrogen-bond donors (Lipinski definition) is 1. The number of methoxy groups -OCH3 is 2. The van der Waals surface area contributed by atoms with Gasteiger partial charge in [-0.15, -0.1) is 11.3 Å². The highest BCUT2D eigenvalue weighted by Gasteiger charge is 2.40. The van der Waals surface area contributed by atoms with Crippen molar-refractivity contribution in [3.8, 4) is 17.2 Å². The van der Waals surface area contributed by atoms with Crippen molar-refractivity contribution >= 4 is 27.5 Å². The average Bonchev–Trinajstić information content (AvgIpc) is 3.33. The molecule has 0 aliphatic carbocycles. The van der Waals surface area contributed by atoms with E-state index < -0.39 is 11.7 Å². The zero-order chi connectivity index (χ0) is 28.4. The number of aromatic nitrogens is 1. The highest BCUT2D eigenvalue weighted by atomic mass is 32.1. The Labute approximate surface area is 234 Å². The molecule has 2 atom stereocenters. The van der Waals surface area contributed by atoms with Gasteiger partial charge in [0.15, 0.2) is 11.5 Å². The topological polar surface area (TPSA) is 72.9 Å². The predicted octanol–water partition coefficient (Wildman–Crippen LogP) is 6.21. The molecule has 0 spiro atoms. The number of nitrogens with one attached hydrogen (secondary N) is 1. The molecule has 2 aromatic carbocycles. The van der Waals surface area contributed by atoms with Crippen LogP contribution in [0.5, 0.6) is 17.2 Å². The minimum Gasteiger partial charge on any atom is -0.493 e. The Bertz CT molecular complexity index is 1350. The van der Waals surface area contributed by atoms with Crippen LogP contribution in [-0.2, 0) is 12.7 Å². The first-order valence-electron chi connectivity index (χ1n) is 13.2. The third kappa shape index (κ3) is 5.76. The molecule has 2 saturated heterocycles. The summed E-state index contributed by atoms with van der Waals surface area (Å²) >= 11 is 1.32. The van der Waals surface area contributed by atoms with Gasteiger partial charge < -0.3 is 19.5 Å². The zero-order valence-electron chi connectivity index (χ0n) is 22.4. The maximum Gasteiger partial charge on any atom is 0.418 e. The summed E-state index contributed by atoms with van der Waals surface area (Å²) in [5, 5.41) is 3.87. The van der Waals surface area contributed by atoms with Gasteiger partial charge in [-0.05, 0) is 49.9 Å². The Balaban J connectivity index is 1.29. The third-order valence-electron chi connectivity index (χ3n) is 7.62. The average molecular weight is 576 g/mol. The van der Waals surface area contributed by atoms with Gasteiger partial charge in [-0.2, -0.15) is 13.2 Å². The summed E-state index contributed by atoms with van der Waals surface area (Å²) < 4.78 is 57.6. The minimum atomic E-state index is -4.44. The van der Waals surface area contributed by atoms with Crippen LogP contribution in [0.25, 0.3) is 10.2 Å². The number of rotatable bonds is 9. The normalized spacial score (nSPS) is 21.2. The lowest BCUT2D eigenvalue weighted by molar-refractivity contribution is -0.136. The van der Waals surface area contributed by atoms with E-state index in [1.54, 1.807) is 24.3 Å². The van der Waals surface area contributed by atoms with Crippen molar-refractivity contribution in [1.29, 1.82) is 0 Å². The van der Waals surface area contributed by atoms with Gasteiger partial charge in [-0.1, -0.05) is 25.1 Å². The fourth-order valence-corrected chi connectivity index (χ4v) is 6.87. The number of amides is 1. The summed E-state index contributed by atoms with van der Waals surface area (Å²) in [6, 6.07) is 7.88. The van der Waals surface area contributed by atoms with Crippen molar-refractivity contribution in [3.63, 3.8) is 0 Å². The quantitative estimate of drug-likeness (QED) is 0.306. The summed E-state index contributed by atoms with van der Waals surface area (Å²) in [5.74, 6) is 0.959. The number of halogens is 3. The van der Waals surface area contributed by atoms with E-state index in [1.165, 1.54) is 31.6 Å². The van der Waals surface area contributed by atoms with Gasteiger partial charge in [0.05, 0.1) is 36.5 Å². The smallest absolute Gasteiger partial charge is 0.418 e. The number of piperidine rings is 2. The molecule has 1 N–H and O–H groups in total. The van der Waals surface area contributed by atoms with E-state index in [0.29, 0.717) is 39.1 Å². The fourth-order valence-electron chi connectivity index (χ4n) is 5.87. The Morgan fingerprint density at radius 1 is 1.18 bits per heavy atom. The van der Waals surface area contributed by atoms with Crippen molar-refractivity contribution in [2.24, 2.45) is 0 Å². The number of carbonyl (C=O) groups excluding carboxylic acids is 1. The molecule has 2 aliphatic rings. The van der Waals surface area contributed by atoms with Gasteiger partial charge in [0.1, 0.15) is 11.6 Å². The molecule has 2 fully saturated rings. The number of carbonyl (C=O) groups is 1. The van der Waals surface area contributed by atoms with Crippen LogP contribution in [0.4, 0.5) is 13.2 Å². The molecule has 40 heavy (non-hydrogen) atoms. The van der Waals surface area contributed by atoms with Crippen LogP contribution in [0, 0.1) is 0 Å². The Kier molecular flexibility index (Phi) is 8.23. The van der Waals surface area contributed by atoms with E-state index in [4.69, 9.17) is 14.2 Å². The molecule has 11 heteroatoms. The maximum atomic E-state index is 13.5. The number of fused-ring (bicyclic) bond motifs is 3. The summed E-state index contributed by atoms with van der Waals surface area (Å²) in [7, 11) is 3.01. The van der Waals surface area contributed by atoms with E-state index in [-0.39, 0.29) is 36.2 Å². The molecule has 2 unspecified atom stereocenters. The van der Waals surface area contributed by atoms with E-state index in [1.807, 2.05) is 0 Å². The van der Waals surface area contributed by atoms with Crippen LogP contribution >= 0.6 is 11.3 Å². The van der Waals surface area contributed by atoms with Gasteiger partial charge in [0, 0.05) is 23.7 Å². The number of para-hydroxylation sites is 1. The second-order valence-electron chi connectivity index (χ2n) is 10.1. The van der Waals surface area contributed by atoms with Crippen LogP contribution in [0.1, 0.15) is 53.0 Å². The molecule has 3 aromatic rings. The lowest BCUT2D eigenvalue weighted by Crippen LogP contribution is -2.56. The lowest BCUT2D eigenvalue weighted by Gasteiger charge is -2.48. The molecule has 5 rings (SSSR count). The Hall–Kier alpha value is -3.31. The molecule has 0 radical (unpaired) electrons. The first-order chi connectivity index (χ1) is 19.2. The predicted molar refractivity (Wildman–Crippen MR) is 147 cm³/mol. The second-order valence-corrected chi connectivity index (χ2v) is 11.2. The van der Waals surface area contributed by atoms with Crippen molar-refractivity contribution in [2.45, 2.75) is 63.0 Å². The number of ether oxygens (including phenoxy) is 3. The molecule has 2 aliphatic heterocycles. The fraction of sp³-hybridized carbons (Fsp3) is 0.448. The molecular weight excluding hydrogens is 543 g/mol. The first kappa shape index (κ1) is 28.2. The van der Waals surface area contributed by atoms with E-state index in [9.17, 15) is 18.0 Å². The van der Waals surface area contributed by atoms with E-state index >= 15 is 0 Å². The monoisotopic (exact) mass is 575 g/mol. The second kappa shape index (κ2) is 11.7. The highest BCUT2D eigenvalue weighted by Crippen LogP contribution is 2.41. The van der Waals surface area contributed by atoms with Gasteiger partial charge in [-0.3, -0.25) is 9.69 Å². The maximum absolute atomic E-state index is 13.5. The highest BCUT2D eigenvalue weighted by molar-refractivity contribution is 7.18. The van der Waals surface area contributed by atoms with Crippen molar-refractivity contribution in [1.82, 2.24) is 15.2 Å². The van der Waals surface area contributed by atoms with Crippen LogP contribution in [-0.4, -0.2) is 54.7 Å². The van der Waals surface area contributed by atoms with Gasteiger partial charge in [-0.25, -0.2) is 4.98 Å². The van der Waals surface area contributed by atoms with Gasteiger partial charge in [0.2, 0.25) is 5.75 Å². The number of benzene rings is 2. The minimum absolute atomic E-state index is 0.0223. The standard InChI is InChI=1S/C29H32F3N3O4S/c1-4-11-39-27-22(37-2)12-17(13-23(27)38-3)28(36)33-18-14-19-7-5-8-20(15-18)35(19)16-25-34-26-21(29(30,31)32)9-6-10-24(26)40-25/h4,6,9-10,12-13,18-20H,1,5,7-8,11,14-16H2,2-3H3,(H,33,36). The van der Waals surface area contributed by atoms with Gasteiger partial charge >= 0.3 is 6.18 Å². The molecule has 1 amide bonds. The summed E-state index contributed by atoms with van der Waals surface area (Å²) in [4.78, 5) is 20.1. The van der Waals surface area contributed by atoms with Crippen molar-refractivity contribution < 1.29 is 32.2 Å². The first-order valence-corrected chi connectivity index (χ1v) is 14.1. The SMILES string of the molecule is C=CCOc1c(OC)cc(C(=O)NC2CC3CCCC(C2)N3Cc2nc3c(C(F)(F)F)cccc3s2)cc1OC. The number of thiazole rings is 1. The molecular formula is C29H32F3N3O4S. The largest absolute Gasteiger partial charge is 0.493 e. The third-order valence-corrected chi connectivity index (χ3v) is 8.62. The summed E-state index contributed by atoms with van der Waals surface area (Å²) in [6.07, 6.45) is 1.72. The molecule has 3 heterocycles. The number of alkyl halides is 3. The molecule has 7 nitrogen and oxygen atoms in total. The van der Waals surface area contributed by atoms with Crippen LogP contribution < -0.4 is 19.5 Å². The van der Waals surface area contributed by atoms with E-state index in [0.717, 1.165) is 38.2 Å². The summed E-state index contributed by atoms with van der Waals surface area (Å²) in [6.45, 7) is 4.43. The van der Waals surface area contributed by atoms with Crippen molar-refractivity contribution in [2.75, 3.05) is 20.8 Å². The molecule has 0 saturated carbocycles. The van der Waals surface area contributed by atoms with E-state index in [2.05, 4.69) is 21.8 Å².